The predicted octanol–water partition coefficient (Wildman–Crippen LogP) is 7.14. The SMILES string of the molecule is COc1ccc2nc(-c3ccc(NCC(O)CNc4ccc(-c5nc6ccc(OC)cc6s5)cc4)cc3)sc2c1. The summed E-state index contributed by atoms with van der Waals surface area (Å²) in [7, 11) is 3.34. The monoisotopic (exact) mass is 568 g/mol. The molecule has 0 bridgehead atoms. The minimum absolute atomic E-state index is 0.431. The van der Waals surface area contributed by atoms with Crippen molar-refractivity contribution >= 4 is 54.5 Å². The Morgan fingerprint density at radius 2 is 1.07 bits per heavy atom. The molecule has 0 amide bonds. The summed E-state index contributed by atoms with van der Waals surface area (Å²) in [5.74, 6) is 1.66. The maximum atomic E-state index is 10.5. The molecule has 6 rings (SSSR count). The molecule has 4 aromatic carbocycles. The first-order valence-corrected chi connectivity index (χ1v) is 14.5. The third kappa shape index (κ3) is 5.72. The zero-order valence-corrected chi connectivity index (χ0v) is 23.7. The number of aliphatic hydroxyl groups is 1. The highest BCUT2D eigenvalue weighted by molar-refractivity contribution is 7.22. The Hall–Kier alpha value is -4.18. The first-order chi connectivity index (χ1) is 19.6. The average Bonchev–Trinajstić information content (AvgIpc) is 3.63. The molecule has 0 aliphatic heterocycles. The number of hydrogen-bond acceptors (Lipinski definition) is 9. The number of ether oxygens (including phenoxy) is 2. The van der Waals surface area contributed by atoms with Gasteiger partial charge in [0.2, 0.25) is 0 Å². The minimum atomic E-state index is -0.558. The number of fused-ring (bicyclic) bond motifs is 2. The number of anilines is 2. The molecule has 7 nitrogen and oxygen atoms in total. The molecular formula is C31H28N4O3S2. The molecule has 0 atom stereocenters. The van der Waals surface area contributed by atoms with E-state index in [1.165, 1.54) is 0 Å². The van der Waals surface area contributed by atoms with Crippen LogP contribution in [0, 0.1) is 0 Å². The third-order valence-corrected chi connectivity index (χ3v) is 8.67. The van der Waals surface area contributed by atoms with Crippen molar-refractivity contribution in [2.75, 3.05) is 37.9 Å². The van der Waals surface area contributed by atoms with Crippen LogP contribution in [0.2, 0.25) is 0 Å². The normalized spacial score (nSPS) is 11.3. The summed E-state index contributed by atoms with van der Waals surface area (Å²) in [5.41, 5.74) is 5.94. The number of benzene rings is 4. The van der Waals surface area contributed by atoms with Gasteiger partial charge in [0.25, 0.3) is 0 Å². The first-order valence-electron chi connectivity index (χ1n) is 12.8. The van der Waals surface area contributed by atoms with E-state index in [0.717, 1.165) is 64.4 Å². The molecule has 9 heteroatoms. The van der Waals surface area contributed by atoms with Gasteiger partial charge < -0.3 is 25.2 Å². The highest BCUT2D eigenvalue weighted by Gasteiger charge is 2.10. The molecule has 0 spiro atoms. The van der Waals surface area contributed by atoms with Crippen LogP contribution in [0.1, 0.15) is 0 Å². The Bertz CT molecular complexity index is 1620. The second kappa shape index (κ2) is 11.5. The zero-order valence-electron chi connectivity index (χ0n) is 22.0. The predicted molar refractivity (Wildman–Crippen MR) is 166 cm³/mol. The fourth-order valence-electron chi connectivity index (χ4n) is 4.32. The van der Waals surface area contributed by atoms with Gasteiger partial charge in [0, 0.05) is 35.6 Å². The molecule has 40 heavy (non-hydrogen) atoms. The maximum absolute atomic E-state index is 10.5. The lowest BCUT2D eigenvalue weighted by Crippen LogP contribution is -2.27. The van der Waals surface area contributed by atoms with Gasteiger partial charge in [-0.15, -0.1) is 22.7 Å². The van der Waals surface area contributed by atoms with Crippen molar-refractivity contribution in [2.45, 2.75) is 6.10 Å². The summed E-state index contributed by atoms with van der Waals surface area (Å²) in [6, 6.07) is 28.1. The molecule has 0 saturated carbocycles. The molecule has 2 heterocycles. The Labute approximate surface area is 240 Å². The summed E-state index contributed by atoms with van der Waals surface area (Å²) < 4.78 is 12.8. The van der Waals surface area contributed by atoms with Crippen LogP contribution in [-0.4, -0.2) is 48.5 Å². The van der Waals surface area contributed by atoms with Crippen LogP contribution in [0.3, 0.4) is 0 Å². The number of thiazole rings is 2. The number of aromatic nitrogens is 2. The van der Waals surface area contributed by atoms with Crippen LogP contribution >= 0.6 is 22.7 Å². The second-order valence-electron chi connectivity index (χ2n) is 9.28. The van der Waals surface area contributed by atoms with Crippen molar-refractivity contribution in [3.63, 3.8) is 0 Å². The van der Waals surface area contributed by atoms with E-state index >= 15 is 0 Å². The number of nitrogens with one attached hydrogen (secondary N) is 2. The number of aliphatic hydroxyl groups excluding tert-OH is 1. The van der Waals surface area contributed by atoms with E-state index in [9.17, 15) is 5.11 Å². The van der Waals surface area contributed by atoms with Gasteiger partial charge in [0.1, 0.15) is 21.5 Å². The molecule has 0 saturated heterocycles. The van der Waals surface area contributed by atoms with Crippen LogP contribution in [0.15, 0.2) is 84.9 Å². The lowest BCUT2D eigenvalue weighted by atomic mass is 10.2. The Balaban J connectivity index is 1.01. The van der Waals surface area contributed by atoms with Crippen LogP contribution in [0.5, 0.6) is 11.5 Å². The van der Waals surface area contributed by atoms with E-state index in [0.29, 0.717) is 13.1 Å². The Morgan fingerprint density at radius 3 is 1.48 bits per heavy atom. The lowest BCUT2D eigenvalue weighted by molar-refractivity contribution is 0.201. The summed E-state index contributed by atoms with van der Waals surface area (Å²) in [6.07, 6.45) is -0.558. The van der Waals surface area contributed by atoms with Crippen molar-refractivity contribution < 1.29 is 14.6 Å². The average molecular weight is 569 g/mol. The fourth-order valence-corrected chi connectivity index (χ4v) is 6.31. The maximum Gasteiger partial charge on any atom is 0.124 e. The molecule has 0 unspecified atom stereocenters. The van der Waals surface area contributed by atoms with Gasteiger partial charge in [-0.25, -0.2) is 9.97 Å². The number of rotatable bonds is 10. The highest BCUT2D eigenvalue weighted by atomic mass is 32.1. The van der Waals surface area contributed by atoms with E-state index in [4.69, 9.17) is 19.4 Å². The number of nitrogens with zero attached hydrogens (tertiary/aromatic N) is 2. The largest absolute Gasteiger partial charge is 0.497 e. The van der Waals surface area contributed by atoms with Crippen LogP contribution < -0.4 is 20.1 Å². The molecule has 0 fully saturated rings. The van der Waals surface area contributed by atoms with Gasteiger partial charge in [0.15, 0.2) is 0 Å². The van der Waals surface area contributed by atoms with E-state index in [-0.39, 0.29) is 0 Å². The summed E-state index contributed by atoms with van der Waals surface area (Å²) >= 11 is 3.29. The number of hydrogen-bond donors (Lipinski definition) is 3. The minimum Gasteiger partial charge on any atom is -0.497 e. The fraction of sp³-hybridized carbons (Fsp3) is 0.161. The van der Waals surface area contributed by atoms with Crippen LogP contribution in [-0.2, 0) is 0 Å². The van der Waals surface area contributed by atoms with E-state index < -0.39 is 6.10 Å². The van der Waals surface area contributed by atoms with Crippen molar-refractivity contribution in [1.82, 2.24) is 9.97 Å². The van der Waals surface area contributed by atoms with Crippen molar-refractivity contribution in [2.24, 2.45) is 0 Å². The summed E-state index contributed by atoms with van der Waals surface area (Å²) in [5, 5.41) is 19.1. The smallest absolute Gasteiger partial charge is 0.124 e. The quantitative estimate of drug-likeness (QED) is 0.162. The topological polar surface area (TPSA) is 88.5 Å². The van der Waals surface area contributed by atoms with Crippen molar-refractivity contribution in [3.05, 3.63) is 84.9 Å². The molecular weight excluding hydrogens is 541 g/mol. The van der Waals surface area contributed by atoms with E-state index in [1.54, 1.807) is 36.9 Å². The van der Waals surface area contributed by atoms with Crippen molar-refractivity contribution in [3.8, 4) is 32.6 Å². The molecule has 0 radical (unpaired) electrons. The molecule has 2 aromatic heterocycles. The van der Waals surface area contributed by atoms with Gasteiger partial charge in [-0.3, -0.25) is 0 Å². The third-order valence-electron chi connectivity index (χ3n) is 6.54. The van der Waals surface area contributed by atoms with Gasteiger partial charge in [-0.2, -0.15) is 0 Å². The molecule has 0 aliphatic carbocycles. The van der Waals surface area contributed by atoms with Crippen LogP contribution in [0.4, 0.5) is 11.4 Å². The standard InChI is InChI=1S/C31H28N4O3S2/c1-37-24-11-13-26-28(15-24)39-30(34-26)19-3-7-21(8-4-19)32-17-23(36)18-33-22-9-5-20(6-10-22)31-35-27-14-12-25(38-2)16-29(27)40-31/h3-16,23,32-33,36H,17-18H2,1-2H3. The van der Waals surface area contributed by atoms with E-state index in [2.05, 4.69) is 10.6 Å². The van der Waals surface area contributed by atoms with Crippen molar-refractivity contribution in [1.29, 1.82) is 0 Å². The van der Waals surface area contributed by atoms with Crippen LogP contribution in [0.25, 0.3) is 41.6 Å². The highest BCUT2D eigenvalue weighted by Crippen LogP contribution is 2.34. The Kier molecular flexibility index (Phi) is 7.50. The molecule has 202 valence electrons. The van der Waals surface area contributed by atoms with Gasteiger partial charge >= 0.3 is 0 Å². The molecule has 6 aromatic rings. The molecule has 0 aliphatic rings. The Morgan fingerprint density at radius 1 is 0.650 bits per heavy atom. The van der Waals surface area contributed by atoms with Gasteiger partial charge in [-0.05, 0) is 84.9 Å². The summed E-state index contributed by atoms with van der Waals surface area (Å²) in [6.45, 7) is 0.862. The lowest BCUT2D eigenvalue weighted by Gasteiger charge is -2.15. The summed E-state index contributed by atoms with van der Waals surface area (Å²) in [4.78, 5) is 9.48. The van der Waals surface area contributed by atoms with Gasteiger partial charge in [0.05, 0.1) is 40.8 Å². The number of methoxy groups -OCH3 is 2. The van der Waals surface area contributed by atoms with Gasteiger partial charge in [-0.1, -0.05) is 0 Å². The van der Waals surface area contributed by atoms with E-state index in [1.807, 2.05) is 84.9 Å². The zero-order chi connectivity index (χ0) is 27.5. The second-order valence-corrected chi connectivity index (χ2v) is 11.3. The molecule has 3 N–H and O–H groups in total. The first kappa shape index (κ1) is 26.1.